The molecule has 4 nitrogen and oxygen atoms in total. The molecule has 1 atom stereocenters. The highest BCUT2D eigenvalue weighted by Crippen LogP contribution is 2.13. The zero-order chi connectivity index (χ0) is 11.4. The van der Waals surface area contributed by atoms with Gasteiger partial charge in [-0.2, -0.15) is 0 Å². The molecule has 0 bridgehead atoms. The maximum absolute atomic E-state index is 11.6. The van der Waals surface area contributed by atoms with Gasteiger partial charge in [0.1, 0.15) is 0 Å². The van der Waals surface area contributed by atoms with E-state index in [0.717, 1.165) is 12.8 Å². The molecule has 86 valence electrons. The van der Waals surface area contributed by atoms with Gasteiger partial charge in [-0.15, -0.1) is 0 Å². The van der Waals surface area contributed by atoms with E-state index < -0.39 is 0 Å². The molecule has 1 rings (SSSR count). The maximum Gasteiger partial charge on any atom is 0.229 e. The van der Waals surface area contributed by atoms with Crippen molar-refractivity contribution >= 4 is 11.8 Å². The van der Waals surface area contributed by atoms with Crippen molar-refractivity contribution in [2.24, 2.45) is 11.7 Å². The quantitative estimate of drug-likeness (QED) is 0.707. The van der Waals surface area contributed by atoms with E-state index in [1.54, 1.807) is 0 Å². The Labute approximate surface area is 90.8 Å². The Kier molecular flexibility index (Phi) is 4.27. The molecule has 2 N–H and O–H groups in total. The number of rotatable bonds is 3. The number of nitrogens with zero attached hydrogens (tertiary/aromatic N) is 1. The molecular formula is C11H20N2O2. The summed E-state index contributed by atoms with van der Waals surface area (Å²) in [5.74, 6) is 0.163. The third-order valence-corrected chi connectivity index (χ3v) is 2.88. The molecule has 0 aromatic carbocycles. The van der Waals surface area contributed by atoms with Gasteiger partial charge in [0.25, 0.3) is 0 Å². The molecule has 1 saturated heterocycles. The van der Waals surface area contributed by atoms with Crippen LogP contribution in [0.15, 0.2) is 0 Å². The Morgan fingerprint density at radius 2 is 1.67 bits per heavy atom. The predicted molar refractivity (Wildman–Crippen MR) is 58.0 cm³/mol. The van der Waals surface area contributed by atoms with Crippen LogP contribution in [0.1, 0.15) is 39.5 Å². The molecular weight excluding hydrogens is 192 g/mol. The standard InChI is InChI=1S/C11H20N2O2/c1-8(2)9(12)7-13-10(14)5-3-4-6-11(13)15/h8-9H,3-7,12H2,1-2H3. The van der Waals surface area contributed by atoms with Crippen LogP contribution in [0.4, 0.5) is 0 Å². The molecule has 1 aliphatic rings. The van der Waals surface area contributed by atoms with Gasteiger partial charge in [0, 0.05) is 25.4 Å². The van der Waals surface area contributed by atoms with E-state index in [4.69, 9.17) is 5.73 Å². The van der Waals surface area contributed by atoms with Gasteiger partial charge in [0.15, 0.2) is 0 Å². The summed E-state index contributed by atoms with van der Waals surface area (Å²) < 4.78 is 0. The number of hydrogen-bond donors (Lipinski definition) is 1. The first-order chi connectivity index (χ1) is 7.02. The van der Waals surface area contributed by atoms with E-state index in [1.165, 1.54) is 4.90 Å². The van der Waals surface area contributed by atoms with E-state index >= 15 is 0 Å². The lowest BCUT2D eigenvalue weighted by Gasteiger charge is -2.24. The average molecular weight is 212 g/mol. The smallest absolute Gasteiger partial charge is 0.229 e. The van der Waals surface area contributed by atoms with Crippen molar-refractivity contribution < 1.29 is 9.59 Å². The number of carbonyl (C=O) groups is 2. The number of nitrogens with two attached hydrogens (primary N) is 1. The number of hydrogen-bond acceptors (Lipinski definition) is 3. The second kappa shape index (κ2) is 5.26. The Bertz CT molecular complexity index is 233. The van der Waals surface area contributed by atoms with Gasteiger partial charge in [-0.3, -0.25) is 14.5 Å². The van der Waals surface area contributed by atoms with Crippen LogP contribution < -0.4 is 5.73 Å². The van der Waals surface area contributed by atoms with Crippen LogP contribution >= 0.6 is 0 Å². The lowest BCUT2D eigenvalue weighted by Crippen LogP contribution is -2.45. The molecule has 1 unspecified atom stereocenters. The average Bonchev–Trinajstić information content (AvgIpc) is 2.32. The number of carbonyl (C=O) groups excluding carboxylic acids is 2. The molecule has 2 amide bonds. The summed E-state index contributed by atoms with van der Waals surface area (Å²) in [6.45, 7) is 4.37. The van der Waals surface area contributed by atoms with Crippen LogP contribution in [0.25, 0.3) is 0 Å². The molecule has 0 spiro atoms. The topological polar surface area (TPSA) is 63.4 Å². The second-order valence-electron chi connectivity index (χ2n) is 4.51. The Morgan fingerprint density at radius 1 is 1.20 bits per heavy atom. The van der Waals surface area contributed by atoms with Gasteiger partial charge in [-0.25, -0.2) is 0 Å². The van der Waals surface area contributed by atoms with Crippen LogP contribution in [-0.4, -0.2) is 29.3 Å². The maximum atomic E-state index is 11.6. The third-order valence-electron chi connectivity index (χ3n) is 2.88. The molecule has 1 heterocycles. The Morgan fingerprint density at radius 3 is 2.07 bits per heavy atom. The fraction of sp³-hybridized carbons (Fsp3) is 0.818. The summed E-state index contributed by atoms with van der Waals surface area (Å²) in [5.41, 5.74) is 5.88. The zero-order valence-electron chi connectivity index (χ0n) is 9.53. The van der Waals surface area contributed by atoms with Crippen LogP contribution in [0, 0.1) is 5.92 Å². The van der Waals surface area contributed by atoms with Crippen molar-refractivity contribution in [3.63, 3.8) is 0 Å². The van der Waals surface area contributed by atoms with Crippen molar-refractivity contribution in [2.75, 3.05) is 6.54 Å². The highest BCUT2D eigenvalue weighted by molar-refractivity contribution is 5.96. The fourth-order valence-electron chi connectivity index (χ4n) is 1.59. The minimum absolute atomic E-state index is 0.0615. The zero-order valence-corrected chi connectivity index (χ0v) is 9.53. The lowest BCUT2D eigenvalue weighted by atomic mass is 10.0. The van der Waals surface area contributed by atoms with E-state index in [1.807, 2.05) is 13.8 Å². The van der Waals surface area contributed by atoms with Gasteiger partial charge in [0.2, 0.25) is 11.8 Å². The summed E-state index contributed by atoms with van der Waals surface area (Å²) in [5, 5.41) is 0. The molecule has 0 saturated carbocycles. The van der Waals surface area contributed by atoms with Gasteiger partial charge < -0.3 is 5.73 Å². The molecule has 0 aliphatic carbocycles. The van der Waals surface area contributed by atoms with Crippen molar-refractivity contribution in [1.82, 2.24) is 4.90 Å². The number of amides is 2. The van der Waals surface area contributed by atoms with Crippen LogP contribution in [0.3, 0.4) is 0 Å². The second-order valence-corrected chi connectivity index (χ2v) is 4.51. The molecule has 0 aromatic heterocycles. The summed E-state index contributed by atoms with van der Waals surface area (Å²) in [4.78, 5) is 24.6. The summed E-state index contributed by atoms with van der Waals surface area (Å²) in [7, 11) is 0. The largest absolute Gasteiger partial charge is 0.326 e. The first-order valence-electron chi connectivity index (χ1n) is 5.61. The van der Waals surface area contributed by atoms with Crippen molar-refractivity contribution in [2.45, 2.75) is 45.6 Å². The van der Waals surface area contributed by atoms with E-state index in [9.17, 15) is 9.59 Å². The summed E-state index contributed by atoms with van der Waals surface area (Å²) in [6.07, 6.45) is 2.60. The normalized spacial score (nSPS) is 20.7. The van der Waals surface area contributed by atoms with Gasteiger partial charge in [-0.1, -0.05) is 13.8 Å². The summed E-state index contributed by atoms with van der Waals surface area (Å²) in [6, 6.07) is -0.115. The minimum Gasteiger partial charge on any atom is -0.326 e. The first-order valence-corrected chi connectivity index (χ1v) is 5.61. The first kappa shape index (κ1) is 12.2. The monoisotopic (exact) mass is 212 g/mol. The molecule has 15 heavy (non-hydrogen) atoms. The van der Waals surface area contributed by atoms with Gasteiger partial charge in [-0.05, 0) is 18.8 Å². The van der Waals surface area contributed by atoms with Crippen LogP contribution in [0.2, 0.25) is 0 Å². The highest BCUT2D eigenvalue weighted by atomic mass is 16.2. The lowest BCUT2D eigenvalue weighted by molar-refractivity contribution is -0.144. The molecule has 0 aromatic rings. The van der Waals surface area contributed by atoms with Crippen molar-refractivity contribution in [3.8, 4) is 0 Å². The van der Waals surface area contributed by atoms with Gasteiger partial charge in [0.05, 0.1) is 0 Å². The SMILES string of the molecule is CC(C)C(N)CN1C(=O)CCCCC1=O. The number of likely N-dealkylation sites (tertiary alicyclic amines) is 1. The van der Waals surface area contributed by atoms with Gasteiger partial charge >= 0.3 is 0 Å². The molecule has 1 fully saturated rings. The van der Waals surface area contributed by atoms with Crippen molar-refractivity contribution in [3.05, 3.63) is 0 Å². The van der Waals surface area contributed by atoms with E-state index in [-0.39, 0.29) is 23.8 Å². The third kappa shape index (κ3) is 3.30. The van der Waals surface area contributed by atoms with Crippen molar-refractivity contribution in [1.29, 1.82) is 0 Å². The van der Waals surface area contributed by atoms with E-state index in [0.29, 0.717) is 19.4 Å². The highest BCUT2D eigenvalue weighted by Gasteiger charge is 2.26. The Balaban J connectivity index is 2.63. The summed E-state index contributed by atoms with van der Waals surface area (Å²) >= 11 is 0. The fourth-order valence-corrected chi connectivity index (χ4v) is 1.59. The molecule has 1 aliphatic heterocycles. The minimum atomic E-state index is -0.115. The predicted octanol–water partition coefficient (Wildman–Crippen LogP) is 0.899. The van der Waals surface area contributed by atoms with E-state index in [2.05, 4.69) is 0 Å². The van der Waals surface area contributed by atoms with Crippen LogP contribution in [0.5, 0.6) is 0 Å². The Hall–Kier alpha value is -0.900. The molecule has 4 heteroatoms. The number of imide groups is 1. The molecule has 0 radical (unpaired) electrons. The van der Waals surface area contributed by atoms with Crippen LogP contribution in [-0.2, 0) is 9.59 Å².